The molecule has 0 saturated carbocycles. The number of benzene rings is 2. The zero-order valence-corrected chi connectivity index (χ0v) is 14.5. The summed E-state index contributed by atoms with van der Waals surface area (Å²) >= 11 is 0. The Morgan fingerprint density at radius 3 is 2.67 bits per heavy atom. The number of hydrogen-bond acceptors (Lipinski definition) is 1. The van der Waals surface area contributed by atoms with Gasteiger partial charge >= 0.3 is 0 Å². The fourth-order valence-electron chi connectivity index (χ4n) is 4.47. The Balaban J connectivity index is 1.81. The second-order valence-electron chi connectivity index (χ2n) is 7.54. The third-order valence-electron chi connectivity index (χ3n) is 5.49. The van der Waals surface area contributed by atoms with Crippen LogP contribution in [-0.4, -0.2) is 5.91 Å². The molecule has 1 N–H and O–H groups in total. The van der Waals surface area contributed by atoms with E-state index in [-0.39, 0.29) is 11.3 Å². The van der Waals surface area contributed by atoms with Crippen molar-refractivity contribution in [1.82, 2.24) is 0 Å². The van der Waals surface area contributed by atoms with Crippen molar-refractivity contribution in [1.29, 1.82) is 0 Å². The van der Waals surface area contributed by atoms with E-state index in [2.05, 4.69) is 61.6 Å². The molecule has 0 saturated heterocycles. The number of amides is 1. The molecule has 4 rings (SSSR count). The molecule has 2 nitrogen and oxygen atoms in total. The number of rotatable bonds is 1. The van der Waals surface area contributed by atoms with E-state index in [1.54, 1.807) is 6.92 Å². The number of carbonyl (C=O) groups is 1. The predicted molar refractivity (Wildman–Crippen MR) is 99.1 cm³/mol. The van der Waals surface area contributed by atoms with Gasteiger partial charge in [0, 0.05) is 18.0 Å². The summed E-state index contributed by atoms with van der Waals surface area (Å²) in [6.07, 6.45) is 4.56. The Labute approximate surface area is 143 Å². The van der Waals surface area contributed by atoms with Crippen molar-refractivity contribution < 1.29 is 4.79 Å². The standard InChI is InChI=1S/C22H23NO/c1-14-10-21-20-7-5-4-6-16(20)12-22(21,3)13-17-11-18(23-15(2)24)8-9-19(14)17/h4-11,14H,12-13H2,1-3H3,(H,23,24)/t14-,22-/m1/s1. The zero-order valence-electron chi connectivity index (χ0n) is 14.5. The minimum absolute atomic E-state index is 0.0186. The molecule has 0 spiro atoms. The van der Waals surface area contributed by atoms with Crippen LogP contribution in [0.2, 0.25) is 0 Å². The van der Waals surface area contributed by atoms with Gasteiger partial charge in [-0.1, -0.05) is 50.3 Å². The quantitative estimate of drug-likeness (QED) is 0.792. The van der Waals surface area contributed by atoms with Crippen LogP contribution in [0.15, 0.2) is 48.5 Å². The number of nitrogens with one attached hydrogen (secondary N) is 1. The first-order valence-corrected chi connectivity index (χ1v) is 8.67. The van der Waals surface area contributed by atoms with Crippen molar-refractivity contribution in [2.24, 2.45) is 5.41 Å². The molecule has 0 bridgehead atoms. The van der Waals surface area contributed by atoms with Crippen LogP contribution in [0.1, 0.15) is 48.9 Å². The predicted octanol–water partition coefficient (Wildman–Crippen LogP) is 4.95. The van der Waals surface area contributed by atoms with Gasteiger partial charge in [-0.3, -0.25) is 4.79 Å². The average Bonchev–Trinajstić information content (AvgIpc) is 2.73. The van der Waals surface area contributed by atoms with Gasteiger partial charge in [0.15, 0.2) is 0 Å². The van der Waals surface area contributed by atoms with Crippen molar-refractivity contribution in [3.63, 3.8) is 0 Å². The molecule has 0 unspecified atom stereocenters. The minimum Gasteiger partial charge on any atom is -0.326 e. The maximum Gasteiger partial charge on any atom is 0.221 e. The zero-order chi connectivity index (χ0) is 16.9. The first kappa shape index (κ1) is 15.2. The summed E-state index contributed by atoms with van der Waals surface area (Å²) in [6, 6.07) is 15.2. The van der Waals surface area contributed by atoms with Gasteiger partial charge in [0.05, 0.1) is 0 Å². The van der Waals surface area contributed by atoms with Gasteiger partial charge in [-0.15, -0.1) is 0 Å². The molecule has 2 aromatic rings. The highest BCUT2D eigenvalue weighted by molar-refractivity contribution is 5.89. The molecule has 2 heteroatoms. The third-order valence-corrected chi connectivity index (χ3v) is 5.49. The molecule has 0 fully saturated rings. The normalized spacial score (nSPS) is 24.3. The summed E-state index contributed by atoms with van der Waals surface area (Å²) in [5, 5.41) is 2.92. The van der Waals surface area contributed by atoms with Gasteiger partial charge < -0.3 is 5.32 Å². The van der Waals surface area contributed by atoms with Crippen molar-refractivity contribution in [2.75, 3.05) is 5.32 Å². The third kappa shape index (κ3) is 2.37. The summed E-state index contributed by atoms with van der Waals surface area (Å²) in [4.78, 5) is 11.4. The van der Waals surface area contributed by atoms with Crippen molar-refractivity contribution in [3.05, 3.63) is 70.8 Å². The van der Waals surface area contributed by atoms with Gasteiger partial charge in [-0.25, -0.2) is 0 Å². The molecule has 0 aromatic heterocycles. The fourth-order valence-corrected chi connectivity index (χ4v) is 4.47. The Bertz CT molecular complexity index is 864. The molecule has 2 aliphatic rings. The number of anilines is 1. The van der Waals surface area contributed by atoms with Gasteiger partial charge in [0.2, 0.25) is 5.91 Å². The number of hydrogen-bond donors (Lipinski definition) is 1. The molecule has 1 amide bonds. The molecule has 0 aliphatic heterocycles. The molecular weight excluding hydrogens is 294 g/mol. The smallest absolute Gasteiger partial charge is 0.221 e. The van der Waals surface area contributed by atoms with E-state index in [4.69, 9.17) is 0 Å². The lowest BCUT2D eigenvalue weighted by molar-refractivity contribution is -0.114. The fraction of sp³-hybridized carbons (Fsp3) is 0.318. The van der Waals surface area contributed by atoms with Crippen LogP contribution >= 0.6 is 0 Å². The van der Waals surface area contributed by atoms with E-state index in [9.17, 15) is 4.79 Å². The van der Waals surface area contributed by atoms with E-state index >= 15 is 0 Å². The van der Waals surface area contributed by atoms with Gasteiger partial charge in [0.1, 0.15) is 0 Å². The Hall–Kier alpha value is -2.35. The molecule has 2 aromatic carbocycles. The molecule has 0 heterocycles. The van der Waals surface area contributed by atoms with Crippen molar-refractivity contribution >= 4 is 17.2 Å². The first-order valence-electron chi connectivity index (χ1n) is 8.67. The SMILES string of the molecule is CC(=O)Nc1ccc2c(c1)C[C@@]1(C)Cc3ccccc3C1=C[C@H]2C. The number of carbonyl (C=O) groups excluding carboxylic acids is 1. The van der Waals surface area contributed by atoms with E-state index in [1.165, 1.54) is 27.8 Å². The van der Waals surface area contributed by atoms with Gasteiger partial charge in [0.25, 0.3) is 0 Å². The second-order valence-corrected chi connectivity index (χ2v) is 7.54. The summed E-state index contributed by atoms with van der Waals surface area (Å²) in [5.41, 5.74) is 8.14. The molecule has 2 atom stereocenters. The summed E-state index contributed by atoms with van der Waals surface area (Å²) in [7, 11) is 0. The first-order chi connectivity index (χ1) is 11.5. The van der Waals surface area contributed by atoms with Crippen molar-refractivity contribution in [2.45, 2.75) is 39.5 Å². The lowest BCUT2D eigenvalue weighted by Crippen LogP contribution is -2.19. The maximum atomic E-state index is 11.4. The lowest BCUT2D eigenvalue weighted by atomic mass is 9.78. The number of allylic oxidation sites excluding steroid dienone is 2. The maximum absolute atomic E-state index is 11.4. The van der Waals surface area contributed by atoms with E-state index in [0.29, 0.717) is 5.92 Å². The monoisotopic (exact) mass is 317 g/mol. The highest BCUT2D eigenvalue weighted by Crippen LogP contribution is 2.52. The van der Waals surface area contributed by atoms with Crippen LogP contribution in [0.4, 0.5) is 5.69 Å². The lowest BCUT2D eigenvalue weighted by Gasteiger charge is -2.26. The van der Waals surface area contributed by atoms with E-state index in [0.717, 1.165) is 18.5 Å². The van der Waals surface area contributed by atoms with E-state index in [1.807, 2.05) is 6.07 Å². The Morgan fingerprint density at radius 1 is 1.12 bits per heavy atom. The largest absolute Gasteiger partial charge is 0.326 e. The van der Waals surface area contributed by atoms with Gasteiger partial charge in [-0.2, -0.15) is 0 Å². The van der Waals surface area contributed by atoms with Crippen LogP contribution in [0, 0.1) is 5.41 Å². The van der Waals surface area contributed by atoms with Crippen LogP contribution in [-0.2, 0) is 17.6 Å². The topological polar surface area (TPSA) is 29.1 Å². The molecule has 2 aliphatic carbocycles. The molecular formula is C22H23NO. The van der Waals surface area contributed by atoms with Crippen LogP contribution in [0.25, 0.3) is 5.57 Å². The van der Waals surface area contributed by atoms with Crippen LogP contribution in [0.3, 0.4) is 0 Å². The number of fused-ring (bicyclic) bond motifs is 4. The van der Waals surface area contributed by atoms with Crippen LogP contribution < -0.4 is 5.32 Å². The molecule has 0 radical (unpaired) electrons. The Kier molecular flexibility index (Phi) is 3.38. The molecule has 122 valence electrons. The highest BCUT2D eigenvalue weighted by Gasteiger charge is 2.40. The second kappa shape index (κ2) is 5.34. The van der Waals surface area contributed by atoms with Gasteiger partial charge in [-0.05, 0) is 58.7 Å². The average molecular weight is 317 g/mol. The molecule has 24 heavy (non-hydrogen) atoms. The van der Waals surface area contributed by atoms with Crippen molar-refractivity contribution in [3.8, 4) is 0 Å². The van der Waals surface area contributed by atoms with Crippen LogP contribution in [0.5, 0.6) is 0 Å². The summed E-state index contributed by atoms with van der Waals surface area (Å²) in [6.45, 7) is 6.21. The highest BCUT2D eigenvalue weighted by atomic mass is 16.1. The Morgan fingerprint density at radius 2 is 1.88 bits per heavy atom. The summed E-state index contributed by atoms with van der Waals surface area (Å²) in [5.74, 6) is 0.365. The van der Waals surface area contributed by atoms with E-state index < -0.39 is 0 Å². The minimum atomic E-state index is -0.0186. The summed E-state index contributed by atoms with van der Waals surface area (Å²) < 4.78 is 0.